The molecule has 0 atom stereocenters. The number of rotatable bonds is 8. The van der Waals surface area contributed by atoms with Crippen molar-refractivity contribution in [3.63, 3.8) is 0 Å². The number of ketones is 1. The number of aryl methyl sites for hydroxylation is 3. The summed E-state index contributed by atoms with van der Waals surface area (Å²) in [6.07, 6.45) is 1.70. The molecule has 0 bridgehead atoms. The highest BCUT2D eigenvalue weighted by molar-refractivity contribution is 7.13. The first-order chi connectivity index (χ1) is 14.3. The van der Waals surface area contributed by atoms with Crippen LogP contribution in [0.1, 0.15) is 43.4 Å². The number of hydrogen-bond donors (Lipinski definition) is 1. The average Bonchev–Trinajstić information content (AvgIpc) is 3.27. The number of ether oxygens (including phenoxy) is 1. The Balaban J connectivity index is 1.72. The zero-order valence-electron chi connectivity index (χ0n) is 17.6. The molecule has 0 unspecified atom stereocenters. The molecular weight excluding hydrogens is 398 g/mol. The third kappa shape index (κ3) is 4.68. The van der Waals surface area contributed by atoms with Gasteiger partial charge < -0.3 is 14.6 Å². The SMILES string of the molecule is C=CCNc1nc(C(=O)OCC(=O)c2cc(C)n(-c3cc(C)cc(C)c3)c2C)cs1. The van der Waals surface area contributed by atoms with E-state index in [2.05, 4.69) is 35.1 Å². The number of esters is 1. The lowest BCUT2D eigenvalue weighted by atomic mass is 10.1. The molecule has 3 aromatic rings. The summed E-state index contributed by atoms with van der Waals surface area (Å²) in [5.41, 5.74) is 5.83. The lowest BCUT2D eigenvalue weighted by Crippen LogP contribution is -2.15. The van der Waals surface area contributed by atoms with Crippen LogP contribution in [0.2, 0.25) is 0 Å². The second-order valence-electron chi connectivity index (χ2n) is 7.17. The molecule has 2 aromatic heterocycles. The number of benzene rings is 1. The summed E-state index contributed by atoms with van der Waals surface area (Å²) in [4.78, 5) is 29.1. The standard InChI is InChI=1S/C23H25N3O3S/c1-6-7-24-23-25-20(13-30-23)22(28)29-12-21(27)19-11-16(4)26(17(19)5)18-9-14(2)8-15(3)10-18/h6,8-11,13H,1,7,12H2,2-5H3,(H,24,25). The molecule has 0 aliphatic carbocycles. The van der Waals surface area contributed by atoms with Gasteiger partial charge in [0.2, 0.25) is 5.78 Å². The second kappa shape index (κ2) is 9.09. The summed E-state index contributed by atoms with van der Waals surface area (Å²) >= 11 is 1.30. The number of nitrogens with zero attached hydrogens (tertiary/aromatic N) is 2. The quantitative estimate of drug-likeness (QED) is 0.320. The van der Waals surface area contributed by atoms with Crippen molar-refractivity contribution in [1.29, 1.82) is 0 Å². The van der Waals surface area contributed by atoms with Crippen molar-refractivity contribution in [2.24, 2.45) is 0 Å². The molecule has 0 aliphatic heterocycles. The third-order valence-corrected chi connectivity index (χ3v) is 5.44. The highest BCUT2D eigenvalue weighted by Gasteiger charge is 2.20. The van der Waals surface area contributed by atoms with Crippen LogP contribution in [0.15, 0.2) is 42.3 Å². The normalized spacial score (nSPS) is 10.7. The highest BCUT2D eigenvalue weighted by Crippen LogP contribution is 2.23. The fraction of sp³-hybridized carbons (Fsp3) is 0.261. The lowest BCUT2D eigenvalue weighted by molar-refractivity contribution is 0.0469. The first-order valence-corrected chi connectivity index (χ1v) is 10.5. The van der Waals surface area contributed by atoms with Gasteiger partial charge in [-0.1, -0.05) is 12.1 Å². The number of hydrogen-bond acceptors (Lipinski definition) is 6. The van der Waals surface area contributed by atoms with Crippen molar-refractivity contribution in [2.75, 3.05) is 18.5 Å². The van der Waals surface area contributed by atoms with E-state index >= 15 is 0 Å². The van der Waals surface area contributed by atoms with E-state index in [9.17, 15) is 9.59 Å². The van der Waals surface area contributed by atoms with Crippen molar-refractivity contribution < 1.29 is 14.3 Å². The van der Waals surface area contributed by atoms with E-state index in [0.717, 1.165) is 28.2 Å². The lowest BCUT2D eigenvalue weighted by Gasteiger charge is -2.12. The average molecular weight is 424 g/mol. The predicted octanol–water partition coefficient (Wildman–Crippen LogP) is 4.81. The molecule has 0 aliphatic rings. The molecule has 30 heavy (non-hydrogen) atoms. The van der Waals surface area contributed by atoms with Crippen molar-refractivity contribution in [1.82, 2.24) is 9.55 Å². The molecule has 2 heterocycles. The minimum atomic E-state index is -0.616. The molecule has 7 heteroatoms. The van der Waals surface area contributed by atoms with Gasteiger partial charge in [0.05, 0.1) is 0 Å². The van der Waals surface area contributed by atoms with Gasteiger partial charge in [-0.3, -0.25) is 4.79 Å². The molecule has 0 amide bonds. The van der Waals surface area contributed by atoms with Crippen LogP contribution in [0, 0.1) is 27.7 Å². The maximum Gasteiger partial charge on any atom is 0.358 e. The molecule has 1 N–H and O–H groups in total. The zero-order valence-corrected chi connectivity index (χ0v) is 18.4. The Bertz CT molecular complexity index is 1090. The Morgan fingerprint density at radius 2 is 1.87 bits per heavy atom. The second-order valence-corrected chi connectivity index (χ2v) is 8.03. The number of carbonyl (C=O) groups excluding carboxylic acids is 2. The van der Waals surface area contributed by atoms with Gasteiger partial charge in [0.1, 0.15) is 0 Å². The summed E-state index contributed by atoms with van der Waals surface area (Å²) in [5.74, 6) is -0.860. The van der Waals surface area contributed by atoms with Crippen LogP contribution in [0.25, 0.3) is 5.69 Å². The number of thiazole rings is 1. The van der Waals surface area contributed by atoms with Gasteiger partial charge in [-0.2, -0.15) is 0 Å². The minimum absolute atomic E-state index is 0.181. The van der Waals surface area contributed by atoms with Gasteiger partial charge in [-0.25, -0.2) is 9.78 Å². The van der Waals surface area contributed by atoms with Crippen LogP contribution in [-0.4, -0.2) is 34.5 Å². The maximum absolute atomic E-state index is 12.7. The van der Waals surface area contributed by atoms with Gasteiger partial charge in [-0.15, -0.1) is 17.9 Å². The van der Waals surface area contributed by atoms with Gasteiger partial charge in [0, 0.05) is 34.6 Å². The van der Waals surface area contributed by atoms with Crippen molar-refractivity contribution in [3.8, 4) is 5.69 Å². The maximum atomic E-state index is 12.7. The van der Waals surface area contributed by atoms with Crippen LogP contribution in [0.3, 0.4) is 0 Å². The topological polar surface area (TPSA) is 73.2 Å². The Morgan fingerprint density at radius 1 is 1.17 bits per heavy atom. The van der Waals surface area contributed by atoms with Gasteiger partial charge in [0.25, 0.3) is 0 Å². The minimum Gasteiger partial charge on any atom is -0.453 e. The number of nitrogens with one attached hydrogen (secondary N) is 1. The van der Waals surface area contributed by atoms with Crippen LogP contribution in [-0.2, 0) is 4.74 Å². The Kier molecular flexibility index (Phi) is 6.52. The van der Waals surface area contributed by atoms with E-state index in [4.69, 9.17) is 4.74 Å². The van der Waals surface area contributed by atoms with Crippen LogP contribution >= 0.6 is 11.3 Å². The Morgan fingerprint density at radius 3 is 2.53 bits per heavy atom. The van der Waals surface area contributed by atoms with E-state index in [0.29, 0.717) is 17.2 Å². The van der Waals surface area contributed by atoms with E-state index in [1.54, 1.807) is 11.5 Å². The first kappa shape index (κ1) is 21.5. The monoisotopic (exact) mass is 423 g/mol. The predicted molar refractivity (Wildman–Crippen MR) is 120 cm³/mol. The molecule has 0 radical (unpaired) electrons. The van der Waals surface area contributed by atoms with Gasteiger partial charge in [-0.05, 0) is 57.0 Å². The molecule has 0 fully saturated rings. The molecule has 0 saturated carbocycles. The van der Waals surface area contributed by atoms with E-state index in [1.165, 1.54) is 11.3 Å². The fourth-order valence-electron chi connectivity index (χ4n) is 3.41. The Hall–Kier alpha value is -3.19. The number of aromatic nitrogens is 2. The van der Waals surface area contributed by atoms with Gasteiger partial charge in [0.15, 0.2) is 17.4 Å². The smallest absolute Gasteiger partial charge is 0.358 e. The molecular formula is C23H25N3O3S. The molecule has 1 aromatic carbocycles. The largest absolute Gasteiger partial charge is 0.453 e. The number of Topliss-reactive ketones (excluding diaryl/α,β-unsaturated/α-hetero) is 1. The van der Waals surface area contributed by atoms with Crippen molar-refractivity contribution in [3.05, 3.63) is 76.1 Å². The molecule has 3 rings (SSSR count). The summed E-state index contributed by atoms with van der Waals surface area (Å²) in [6.45, 7) is 11.8. The van der Waals surface area contributed by atoms with E-state index < -0.39 is 5.97 Å². The van der Waals surface area contributed by atoms with Crippen LogP contribution in [0.4, 0.5) is 5.13 Å². The third-order valence-electron chi connectivity index (χ3n) is 4.64. The molecule has 6 nitrogen and oxygen atoms in total. The highest BCUT2D eigenvalue weighted by atomic mass is 32.1. The Labute approximate surface area is 180 Å². The summed E-state index contributed by atoms with van der Waals surface area (Å²) in [7, 11) is 0. The fourth-order valence-corrected chi connectivity index (χ4v) is 4.10. The van der Waals surface area contributed by atoms with Crippen LogP contribution < -0.4 is 5.32 Å². The first-order valence-electron chi connectivity index (χ1n) is 9.58. The number of anilines is 1. The molecule has 156 valence electrons. The summed E-state index contributed by atoms with van der Waals surface area (Å²) in [6, 6.07) is 8.12. The van der Waals surface area contributed by atoms with E-state index in [-0.39, 0.29) is 18.1 Å². The number of carbonyl (C=O) groups is 2. The summed E-state index contributed by atoms with van der Waals surface area (Å²) in [5, 5.41) is 5.22. The van der Waals surface area contributed by atoms with Crippen molar-refractivity contribution >= 4 is 28.2 Å². The summed E-state index contributed by atoms with van der Waals surface area (Å²) < 4.78 is 7.26. The van der Waals surface area contributed by atoms with E-state index in [1.807, 2.05) is 38.3 Å². The van der Waals surface area contributed by atoms with Crippen molar-refractivity contribution in [2.45, 2.75) is 27.7 Å². The van der Waals surface area contributed by atoms with Gasteiger partial charge >= 0.3 is 5.97 Å². The zero-order chi connectivity index (χ0) is 21.8. The molecule has 0 saturated heterocycles. The van der Waals surface area contributed by atoms with Crippen LogP contribution in [0.5, 0.6) is 0 Å². The molecule has 0 spiro atoms.